The van der Waals surface area contributed by atoms with E-state index in [9.17, 15) is 0 Å². The van der Waals surface area contributed by atoms with Gasteiger partial charge in [0.15, 0.2) is 0 Å². The van der Waals surface area contributed by atoms with E-state index in [4.69, 9.17) is 0 Å². The summed E-state index contributed by atoms with van der Waals surface area (Å²) in [4.78, 5) is 0. The molecule has 0 heterocycles. The van der Waals surface area contributed by atoms with Crippen LogP contribution in [-0.4, -0.2) is 15.2 Å². The number of hydrogen-bond donors (Lipinski definition) is 0. The Morgan fingerprint density at radius 1 is 1.20 bits per heavy atom. The van der Waals surface area contributed by atoms with Crippen LogP contribution in [0.5, 0.6) is 0 Å². The second kappa shape index (κ2) is 3.81. The third kappa shape index (κ3) is 2.56. The Kier molecular flexibility index (Phi) is 2.99. The highest BCUT2D eigenvalue weighted by atomic mass is 27.1. The molecule has 0 saturated heterocycles. The summed E-state index contributed by atoms with van der Waals surface area (Å²) < 4.78 is 2.37. The van der Waals surface area contributed by atoms with Crippen LogP contribution >= 0.6 is 0 Å². The van der Waals surface area contributed by atoms with Crippen molar-refractivity contribution in [2.75, 3.05) is 0 Å². The molecule has 0 aliphatic carbocycles. The molecular weight excluding hydrogens is 135 g/mol. The first-order chi connectivity index (χ1) is 4.79. The van der Waals surface area contributed by atoms with Crippen LogP contribution in [0.2, 0.25) is 4.78 Å². The molecule has 0 fully saturated rings. The summed E-state index contributed by atoms with van der Waals surface area (Å²) in [7, 11) is 0. The fourth-order valence-corrected chi connectivity index (χ4v) is 2.16. The maximum Gasteiger partial charge on any atom is 0.253 e. The molecule has 55 valence electrons. The van der Waals surface area contributed by atoms with Crippen LogP contribution in [0.3, 0.4) is 0 Å². The van der Waals surface area contributed by atoms with Gasteiger partial charge in [0.25, 0.3) is 15.2 Å². The van der Waals surface area contributed by atoms with Crippen molar-refractivity contribution in [3.05, 3.63) is 30.3 Å². The molecule has 0 atom stereocenters. The van der Waals surface area contributed by atoms with E-state index in [1.165, 1.54) is 4.43 Å². The summed E-state index contributed by atoms with van der Waals surface area (Å²) in [5, 5.41) is 0. The van der Waals surface area contributed by atoms with E-state index in [1.54, 1.807) is 0 Å². The van der Waals surface area contributed by atoms with Crippen LogP contribution in [0.1, 0.15) is 16.7 Å². The third-order valence-electron chi connectivity index (χ3n) is 1.33. The third-order valence-corrected chi connectivity index (χ3v) is 2.76. The molecule has 0 N–H and O–H groups in total. The quantitative estimate of drug-likeness (QED) is 0.569. The average Bonchev–Trinajstić information content (AvgIpc) is 1.88. The minimum atomic E-state index is 0. The summed E-state index contributed by atoms with van der Waals surface area (Å²) in [5.74, 6) is 0. The zero-order chi connectivity index (χ0) is 7.40. The summed E-state index contributed by atoms with van der Waals surface area (Å²) in [6.45, 7) is 4.56. The van der Waals surface area contributed by atoms with Crippen molar-refractivity contribution < 1.29 is 2.85 Å². The molecule has 0 saturated carbocycles. The van der Waals surface area contributed by atoms with Crippen LogP contribution in [-0.2, 0) is 0 Å². The minimum Gasteiger partial charge on any atom is -0.124 e. The molecule has 0 bridgehead atoms. The zero-order valence-corrected chi connectivity index (χ0v) is 7.70. The Morgan fingerprint density at radius 2 is 1.80 bits per heavy atom. The minimum absolute atomic E-state index is 0. The second-order valence-corrected chi connectivity index (χ2v) is 5.15. The van der Waals surface area contributed by atoms with Crippen molar-refractivity contribution in [1.29, 1.82) is 0 Å². The highest BCUT2D eigenvalue weighted by Gasteiger charge is 1.98. The van der Waals surface area contributed by atoms with Gasteiger partial charge in [0.05, 0.1) is 0 Å². The van der Waals surface area contributed by atoms with E-state index in [2.05, 4.69) is 44.2 Å². The van der Waals surface area contributed by atoms with Crippen molar-refractivity contribution in [3.63, 3.8) is 0 Å². The Hall–Kier alpha value is -0.248. The van der Waals surface area contributed by atoms with Gasteiger partial charge in [-0.1, -0.05) is 49.0 Å². The van der Waals surface area contributed by atoms with Crippen molar-refractivity contribution in [1.82, 2.24) is 0 Å². The van der Waals surface area contributed by atoms with Gasteiger partial charge >= 0.3 is 0 Å². The lowest BCUT2D eigenvalue weighted by atomic mass is 10.4. The molecule has 1 heteroatoms. The molecule has 0 nitrogen and oxygen atoms in total. The highest BCUT2D eigenvalue weighted by Crippen LogP contribution is 1.96. The molecule has 10 heavy (non-hydrogen) atoms. The van der Waals surface area contributed by atoms with Crippen LogP contribution in [0.15, 0.2) is 30.3 Å². The number of rotatable bonds is 2. The van der Waals surface area contributed by atoms with Crippen molar-refractivity contribution in [2.24, 2.45) is 0 Å². The smallest absolute Gasteiger partial charge is 0.124 e. The Morgan fingerprint density at radius 3 is 2.30 bits per heavy atom. The molecule has 0 aliphatic heterocycles. The van der Waals surface area contributed by atoms with Crippen LogP contribution in [0.25, 0.3) is 0 Å². The van der Waals surface area contributed by atoms with Crippen LogP contribution in [0.4, 0.5) is 0 Å². The van der Waals surface area contributed by atoms with Crippen molar-refractivity contribution in [2.45, 2.75) is 18.6 Å². The standard InChI is InChI=1S/C6H5.C3H7.Al.2H2/c1-2-4-6-5-3-1;1-3-2;;;/h1-5H;3H,1-2H3;;2*1H. The van der Waals surface area contributed by atoms with E-state index >= 15 is 0 Å². The molecule has 1 radical (unpaired) electrons. The highest BCUT2D eigenvalue weighted by molar-refractivity contribution is 6.54. The Balaban J connectivity index is 0. The Bertz CT molecular complexity index is 187. The molecule has 1 aromatic carbocycles. The van der Waals surface area contributed by atoms with Gasteiger partial charge < -0.3 is 0 Å². The molecular formula is C9H16Al. The topological polar surface area (TPSA) is 0 Å². The lowest BCUT2D eigenvalue weighted by Crippen LogP contribution is -2.15. The van der Waals surface area contributed by atoms with Crippen LogP contribution in [0, 0.1) is 0 Å². The second-order valence-electron chi connectivity index (χ2n) is 2.82. The lowest BCUT2D eigenvalue weighted by molar-refractivity contribution is 1.07. The fourth-order valence-electron chi connectivity index (χ4n) is 0.949. The van der Waals surface area contributed by atoms with Gasteiger partial charge in [-0.05, 0) is 0 Å². The first kappa shape index (κ1) is 7.86. The largest absolute Gasteiger partial charge is 0.253 e. The molecule has 0 aliphatic rings. The molecule has 0 aromatic heterocycles. The van der Waals surface area contributed by atoms with Crippen molar-refractivity contribution >= 4 is 19.6 Å². The number of benzene rings is 1. The first-order valence-corrected chi connectivity index (χ1v) is 4.93. The fraction of sp³-hybridized carbons (Fsp3) is 0.333. The monoisotopic (exact) mass is 151 g/mol. The molecule has 0 unspecified atom stereocenters. The maximum atomic E-state index is 2.28. The van der Waals surface area contributed by atoms with Gasteiger partial charge in [-0.3, -0.25) is 0 Å². The van der Waals surface area contributed by atoms with Gasteiger partial charge in [0.2, 0.25) is 0 Å². The summed E-state index contributed by atoms with van der Waals surface area (Å²) in [5.41, 5.74) is 0. The molecule has 1 aromatic rings. The SMILES string of the molecule is C[CH](C)[Al][c]1ccccc1.[HH].[HH]. The van der Waals surface area contributed by atoms with E-state index in [-0.39, 0.29) is 2.85 Å². The average molecular weight is 151 g/mol. The maximum absolute atomic E-state index is 2.28. The van der Waals surface area contributed by atoms with Crippen molar-refractivity contribution in [3.8, 4) is 0 Å². The van der Waals surface area contributed by atoms with Crippen LogP contribution < -0.4 is 4.43 Å². The summed E-state index contributed by atoms with van der Waals surface area (Å²) >= 11 is 0.492. The lowest BCUT2D eigenvalue weighted by Gasteiger charge is -2.00. The van der Waals surface area contributed by atoms with E-state index in [0.717, 1.165) is 4.78 Å². The molecule has 0 amide bonds. The first-order valence-electron chi connectivity index (χ1n) is 3.69. The van der Waals surface area contributed by atoms with Gasteiger partial charge in [-0.15, -0.1) is 4.43 Å². The van der Waals surface area contributed by atoms with E-state index < -0.39 is 0 Å². The molecule has 1 rings (SSSR count). The number of hydrogen-bond acceptors (Lipinski definition) is 0. The van der Waals surface area contributed by atoms with Gasteiger partial charge in [0.1, 0.15) is 0 Å². The van der Waals surface area contributed by atoms with Gasteiger partial charge in [-0.2, -0.15) is 0 Å². The predicted octanol–water partition coefficient (Wildman–Crippen LogP) is 2.34. The summed E-state index contributed by atoms with van der Waals surface area (Å²) in [6, 6.07) is 10.7. The van der Waals surface area contributed by atoms with E-state index in [0.29, 0.717) is 15.2 Å². The molecule has 0 spiro atoms. The Labute approximate surface area is 72.0 Å². The normalized spacial score (nSPS) is 9.90. The predicted molar refractivity (Wildman–Crippen MR) is 51.2 cm³/mol. The van der Waals surface area contributed by atoms with E-state index in [1.807, 2.05) is 0 Å². The zero-order valence-electron chi connectivity index (χ0n) is 6.54. The van der Waals surface area contributed by atoms with Gasteiger partial charge in [-0.25, -0.2) is 0 Å². The summed E-state index contributed by atoms with van der Waals surface area (Å²) in [6.07, 6.45) is 0. The van der Waals surface area contributed by atoms with Gasteiger partial charge in [0, 0.05) is 2.85 Å².